The molecule has 0 aliphatic carbocycles. The summed E-state index contributed by atoms with van der Waals surface area (Å²) >= 11 is 0. The van der Waals surface area contributed by atoms with Crippen LogP contribution in [0, 0.1) is 0 Å². The van der Waals surface area contributed by atoms with Crippen molar-refractivity contribution >= 4 is 88.9 Å². The maximum atomic E-state index is 17.0. The lowest BCUT2D eigenvalue weighted by molar-refractivity contribution is 0.591. The van der Waals surface area contributed by atoms with Crippen LogP contribution < -0.4 is 16.3 Å². The van der Waals surface area contributed by atoms with Crippen molar-refractivity contribution < 1.29 is 4.57 Å². The monoisotopic (exact) mass is 1000 g/mol. The molecule has 0 saturated heterocycles. The van der Waals surface area contributed by atoms with E-state index in [1.54, 1.807) is 0 Å². The molecule has 0 fully saturated rings. The second-order valence-electron chi connectivity index (χ2n) is 19.5. The number of hydrogen-bond acceptors (Lipinski definition) is 4. The molecule has 0 N–H and O–H groups in total. The van der Waals surface area contributed by atoms with E-state index >= 15 is 4.57 Å². The van der Waals surface area contributed by atoms with E-state index in [9.17, 15) is 0 Å². The first-order valence-corrected chi connectivity index (χ1v) is 27.6. The average molecular weight is 1010 g/mol. The maximum absolute atomic E-state index is 17.0. The van der Waals surface area contributed by atoms with Crippen molar-refractivity contribution in [3.63, 3.8) is 0 Å². The van der Waals surface area contributed by atoms with Crippen LogP contribution in [0.4, 0.5) is 0 Å². The zero-order chi connectivity index (χ0) is 51.0. The third kappa shape index (κ3) is 7.20. The minimum atomic E-state index is -3.94. The van der Waals surface area contributed by atoms with Crippen LogP contribution in [0.2, 0.25) is 0 Å². The van der Waals surface area contributed by atoms with Gasteiger partial charge in [-0.15, -0.1) is 0 Å². The van der Waals surface area contributed by atoms with Crippen LogP contribution in [-0.4, -0.2) is 28.7 Å². The van der Waals surface area contributed by atoms with Crippen LogP contribution in [-0.2, 0) is 4.57 Å². The average Bonchev–Trinajstić information content (AvgIpc) is 4.23. The minimum Gasteiger partial charge on any atom is -0.309 e. The number of pyridine rings is 3. The molecule has 362 valence electrons. The Bertz CT molecular complexity index is 4240. The molecular weight excluding hydrogens is 960 g/mol. The van der Waals surface area contributed by atoms with E-state index < -0.39 is 7.14 Å². The zero-order valence-corrected chi connectivity index (χ0v) is 42.4. The molecule has 0 atom stereocenters. The largest absolute Gasteiger partial charge is 0.309 e. The lowest BCUT2D eigenvalue weighted by Gasteiger charge is -2.20. The van der Waals surface area contributed by atoms with E-state index in [0.717, 1.165) is 66.9 Å². The molecule has 0 bridgehead atoms. The Morgan fingerprint density at radius 1 is 0.247 bits per heavy atom. The lowest BCUT2D eigenvalue weighted by Crippen LogP contribution is -2.31. The van der Waals surface area contributed by atoms with Crippen LogP contribution in [0.25, 0.3) is 116 Å². The summed E-state index contributed by atoms with van der Waals surface area (Å²) in [4.78, 5) is 16.1. The fourth-order valence-electron chi connectivity index (χ4n) is 11.6. The van der Waals surface area contributed by atoms with Crippen molar-refractivity contribution in [1.29, 1.82) is 0 Å². The zero-order valence-electron chi connectivity index (χ0n) is 41.5. The van der Waals surface area contributed by atoms with Gasteiger partial charge in [-0.2, -0.15) is 0 Å². The third-order valence-electron chi connectivity index (χ3n) is 15.1. The van der Waals surface area contributed by atoms with Gasteiger partial charge in [0.1, 0.15) is 16.3 Å². The van der Waals surface area contributed by atoms with Crippen molar-refractivity contribution in [3.05, 3.63) is 273 Å². The summed E-state index contributed by atoms with van der Waals surface area (Å²) < 4.78 is 23.9. The summed E-state index contributed by atoms with van der Waals surface area (Å²) in [6, 6.07) is 93.9. The molecule has 8 heteroatoms. The Hall–Kier alpha value is -9.94. The molecule has 15 aromatic rings. The quantitative estimate of drug-likeness (QED) is 0.135. The van der Waals surface area contributed by atoms with E-state index in [1.807, 2.05) is 54.6 Å². The highest BCUT2D eigenvalue weighted by molar-refractivity contribution is 7.84. The second-order valence-corrected chi connectivity index (χ2v) is 22.1. The first-order valence-electron chi connectivity index (χ1n) is 25.9. The van der Waals surface area contributed by atoms with Crippen LogP contribution in [0.3, 0.4) is 0 Å². The lowest BCUT2D eigenvalue weighted by atomic mass is 10.1. The van der Waals surface area contributed by atoms with Gasteiger partial charge < -0.3 is 18.3 Å². The summed E-state index contributed by atoms with van der Waals surface area (Å²) in [6.07, 6.45) is 0. The summed E-state index contributed by atoms with van der Waals surface area (Å²) in [6.45, 7) is 0. The van der Waals surface area contributed by atoms with Gasteiger partial charge in [0.25, 0.3) is 0 Å². The van der Waals surface area contributed by atoms with Crippen LogP contribution in [0.15, 0.2) is 273 Å². The van der Waals surface area contributed by atoms with Gasteiger partial charge in [-0.05, 0) is 109 Å². The number of aromatic nitrogens is 6. The number of rotatable bonds is 9. The van der Waals surface area contributed by atoms with Crippen LogP contribution in [0.5, 0.6) is 0 Å². The van der Waals surface area contributed by atoms with Gasteiger partial charge in [-0.1, -0.05) is 164 Å². The molecule has 9 aromatic carbocycles. The van der Waals surface area contributed by atoms with Gasteiger partial charge in [-0.25, -0.2) is 15.0 Å². The highest BCUT2D eigenvalue weighted by Crippen LogP contribution is 2.43. The Balaban J connectivity index is 0.884. The SMILES string of the molecule is O=P(c1cccc(-c2cccc(-n3c4ccccc4c4ccccc43)c2)n1)(c1cccc(-c2cccc(-n3c4ccccc4c4ccccc43)c2)n1)c1cccc(-c2cccc(-n3c4ccccc4c4ccccc43)c2)n1. The number of hydrogen-bond donors (Lipinski definition) is 0. The van der Waals surface area contributed by atoms with Crippen LogP contribution >= 0.6 is 7.14 Å². The first kappa shape index (κ1) is 44.5. The van der Waals surface area contributed by atoms with Crippen molar-refractivity contribution in [2.75, 3.05) is 0 Å². The molecule has 0 radical (unpaired) electrons. The van der Waals surface area contributed by atoms with E-state index in [-0.39, 0.29) is 0 Å². The first-order chi connectivity index (χ1) is 38.1. The standard InChI is InChI=1S/C69H45N6OP/c76-77(67-40-16-31-58(70-67)46-19-13-22-49(43-46)73-61-34-7-1-25-52(61)53-26-2-8-35-62(53)73,68-41-17-32-59(71-68)47-20-14-23-50(44-47)74-63-36-9-3-27-54(63)55-28-4-10-37-64(55)74)69-42-18-33-60(72-69)48-21-15-24-51(45-48)75-65-38-11-5-29-56(65)57-30-6-12-39-66(57)75/h1-45H. The predicted octanol–water partition coefficient (Wildman–Crippen LogP) is 15.8. The molecule has 0 aliphatic heterocycles. The molecule has 7 nitrogen and oxygen atoms in total. The Morgan fingerprint density at radius 2 is 0.481 bits per heavy atom. The Kier molecular flexibility index (Phi) is 10.3. The van der Waals surface area contributed by atoms with Gasteiger partial charge in [0.15, 0.2) is 0 Å². The molecule has 0 unspecified atom stereocenters. The topological polar surface area (TPSA) is 70.5 Å². The molecule has 6 aromatic heterocycles. The molecule has 77 heavy (non-hydrogen) atoms. The normalized spacial score (nSPS) is 11.9. The molecule has 0 amide bonds. The van der Waals surface area contributed by atoms with Gasteiger partial charge in [-0.3, -0.25) is 0 Å². The van der Waals surface area contributed by atoms with Crippen LogP contribution in [0.1, 0.15) is 0 Å². The summed E-state index contributed by atoms with van der Waals surface area (Å²) in [5.74, 6) is 0. The molecule has 0 spiro atoms. The predicted molar refractivity (Wildman–Crippen MR) is 319 cm³/mol. The van der Waals surface area contributed by atoms with Gasteiger partial charge in [0.2, 0.25) is 7.14 Å². The second kappa shape index (κ2) is 17.9. The maximum Gasteiger partial charge on any atom is 0.223 e. The Morgan fingerprint density at radius 3 is 0.740 bits per heavy atom. The molecule has 0 saturated carbocycles. The number of nitrogens with zero attached hydrogens (tertiary/aromatic N) is 6. The van der Waals surface area contributed by atoms with Crippen molar-refractivity contribution in [2.45, 2.75) is 0 Å². The minimum absolute atomic E-state index is 0.393. The van der Waals surface area contributed by atoms with Gasteiger partial charge in [0.05, 0.1) is 50.2 Å². The fourth-order valence-corrected chi connectivity index (χ4v) is 14.0. The number of benzene rings is 9. The van der Waals surface area contributed by atoms with Crippen molar-refractivity contribution in [2.24, 2.45) is 0 Å². The number of fused-ring (bicyclic) bond motifs is 9. The highest BCUT2D eigenvalue weighted by Gasteiger charge is 2.35. The molecule has 6 heterocycles. The van der Waals surface area contributed by atoms with Gasteiger partial charge >= 0.3 is 0 Å². The van der Waals surface area contributed by atoms with Crippen molar-refractivity contribution in [1.82, 2.24) is 28.7 Å². The van der Waals surface area contributed by atoms with Crippen molar-refractivity contribution in [3.8, 4) is 50.8 Å². The number of para-hydroxylation sites is 6. The summed E-state index contributed by atoms with van der Waals surface area (Å²) in [5.41, 5.74) is 15.7. The van der Waals surface area contributed by atoms with E-state index in [2.05, 4.69) is 232 Å². The fraction of sp³-hybridized carbons (Fsp3) is 0. The molecule has 15 rings (SSSR count). The summed E-state index contributed by atoms with van der Waals surface area (Å²) in [7, 11) is -3.94. The Labute approximate surface area is 443 Å². The molecule has 0 aliphatic rings. The highest BCUT2D eigenvalue weighted by atomic mass is 31.2. The molecular formula is C69H45N6OP. The van der Waals surface area contributed by atoms with E-state index in [1.165, 1.54) is 32.3 Å². The summed E-state index contributed by atoms with van der Waals surface area (Å²) in [5, 5.41) is 7.14. The smallest absolute Gasteiger partial charge is 0.223 e. The van der Waals surface area contributed by atoms with E-state index in [4.69, 9.17) is 15.0 Å². The van der Waals surface area contributed by atoms with Gasteiger partial charge in [0, 0.05) is 66.1 Å². The third-order valence-corrected chi connectivity index (χ3v) is 17.8. The van der Waals surface area contributed by atoms with E-state index in [0.29, 0.717) is 33.4 Å².